The number of aryl methyl sites for hydroxylation is 1. The van der Waals surface area contributed by atoms with Crippen molar-refractivity contribution in [3.05, 3.63) is 41.5 Å². The van der Waals surface area contributed by atoms with Crippen LogP contribution in [0.2, 0.25) is 0 Å². The lowest BCUT2D eigenvalue weighted by Gasteiger charge is -2.19. The summed E-state index contributed by atoms with van der Waals surface area (Å²) in [5.41, 5.74) is 4.15. The van der Waals surface area contributed by atoms with Gasteiger partial charge in [-0.1, -0.05) is 19.1 Å². The zero-order valence-corrected chi connectivity index (χ0v) is 13.0. The lowest BCUT2D eigenvalue weighted by atomic mass is 10.0. The van der Waals surface area contributed by atoms with Gasteiger partial charge in [0.2, 0.25) is 0 Å². The summed E-state index contributed by atoms with van der Waals surface area (Å²) in [6.45, 7) is 7.24. The molecule has 1 aliphatic rings. The first-order chi connectivity index (χ1) is 10.2. The second-order valence-electron chi connectivity index (χ2n) is 5.64. The van der Waals surface area contributed by atoms with Crippen LogP contribution in [-0.2, 0) is 20.0 Å². The summed E-state index contributed by atoms with van der Waals surface area (Å²) in [6, 6.07) is 7.25. The number of anilines is 1. The van der Waals surface area contributed by atoms with Crippen LogP contribution in [0, 0.1) is 0 Å². The summed E-state index contributed by atoms with van der Waals surface area (Å²) < 4.78 is 1.85. The molecule has 2 aromatic rings. The highest BCUT2D eigenvalue weighted by atomic mass is 15.3. The van der Waals surface area contributed by atoms with E-state index in [2.05, 4.69) is 52.3 Å². The molecule has 1 atom stereocenters. The van der Waals surface area contributed by atoms with Crippen LogP contribution in [-0.4, -0.2) is 27.9 Å². The van der Waals surface area contributed by atoms with E-state index in [4.69, 9.17) is 0 Å². The minimum atomic E-state index is 0.410. The first kappa shape index (κ1) is 14.1. The van der Waals surface area contributed by atoms with Crippen molar-refractivity contribution < 1.29 is 0 Å². The summed E-state index contributed by atoms with van der Waals surface area (Å²) >= 11 is 0. The van der Waals surface area contributed by atoms with Gasteiger partial charge < -0.3 is 10.2 Å². The molecule has 2 heterocycles. The number of rotatable bonds is 5. The monoisotopic (exact) mass is 285 g/mol. The van der Waals surface area contributed by atoms with Crippen molar-refractivity contribution >= 4 is 5.69 Å². The molecule has 5 nitrogen and oxygen atoms in total. The van der Waals surface area contributed by atoms with Crippen LogP contribution in [0.5, 0.6) is 0 Å². The first-order valence-electron chi connectivity index (χ1n) is 7.63. The number of aromatic nitrogens is 3. The van der Waals surface area contributed by atoms with Crippen molar-refractivity contribution in [2.45, 2.75) is 32.9 Å². The molecule has 21 heavy (non-hydrogen) atoms. The van der Waals surface area contributed by atoms with E-state index in [1.165, 1.54) is 16.8 Å². The highest BCUT2D eigenvalue weighted by Gasteiger charge is 2.21. The molecule has 1 aliphatic heterocycles. The van der Waals surface area contributed by atoms with E-state index < -0.39 is 0 Å². The molecule has 1 aromatic carbocycles. The van der Waals surface area contributed by atoms with E-state index in [9.17, 15) is 0 Å². The Kier molecular flexibility index (Phi) is 3.92. The Labute approximate surface area is 126 Å². The molecule has 1 unspecified atom stereocenters. The Morgan fingerprint density at radius 3 is 2.95 bits per heavy atom. The number of hydrogen-bond acceptors (Lipinski definition) is 4. The average molecular weight is 285 g/mol. The third kappa shape index (κ3) is 2.78. The molecular formula is C16H23N5. The minimum absolute atomic E-state index is 0.410. The van der Waals surface area contributed by atoms with E-state index >= 15 is 0 Å². The lowest BCUT2D eigenvalue weighted by molar-refractivity contribution is 0.598. The third-order valence-corrected chi connectivity index (χ3v) is 4.24. The smallest absolute Gasteiger partial charge is 0.146 e. The van der Waals surface area contributed by atoms with Gasteiger partial charge in [-0.2, -0.15) is 5.10 Å². The van der Waals surface area contributed by atoms with E-state index in [1.807, 2.05) is 11.7 Å². The highest BCUT2D eigenvalue weighted by molar-refractivity contribution is 5.59. The van der Waals surface area contributed by atoms with E-state index in [0.717, 1.165) is 31.9 Å². The number of fused-ring (bicyclic) bond motifs is 1. The quantitative estimate of drug-likeness (QED) is 0.913. The SMILES string of the molecule is CCNC(C)c1ccc2c(c1)CCN2Cc1ncnn1C. The molecule has 112 valence electrons. The maximum atomic E-state index is 4.32. The standard InChI is InChI=1S/C16H23N5/c1-4-17-12(2)13-5-6-15-14(9-13)7-8-21(15)10-16-18-11-19-20(16)3/h5-6,9,11-12,17H,4,7-8,10H2,1-3H3. The van der Waals surface area contributed by atoms with Crippen LogP contribution >= 0.6 is 0 Å². The average Bonchev–Trinajstić information content (AvgIpc) is 3.06. The molecule has 1 N–H and O–H groups in total. The molecule has 0 radical (unpaired) electrons. The number of nitrogens with zero attached hydrogens (tertiary/aromatic N) is 4. The van der Waals surface area contributed by atoms with E-state index in [-0.39, 0.29) is 0 Å². The zero-order chi connectivity index (χ0) is 14.8. The Hall–Kier alpha value is -1.88. The third-order valence-electron chi connectivity index (χ3n) is 4.24. The molecule has 1 aromatic heterocycles. The Bertz CT molecular complexity index is 619. The molecule has 0 spiro atoms. The normalized spacial score (nSPS) is 15.3. The van der Waals surface area contributed by atoms with Crippen LogP contribution in [0.15, 0.2) is 24.5 Å². The molecular weight excluding hydrogens is 262 g/mol. The summed E-state index contributed by atoms with van der Waals surface area (Å²) in [6.07, 6.45) is 2.73. The Morgan fingerprint density at radius 2 is 2.24 bits per heavy atom. The van der Waals surface area contributed by atoms with Gasteiger partial charge in [-0.05, 0) is 37.1 Å². The molecule has 0 saturated heterocycles. The van der Waals surface area contributed by atoms with Crippen LogP contribution in [0.3, 0.4) is 0 Å². The van der Waals surface area contributed by atoms with E-state index in [0.29, 0.717) is 6.04 Å². The molecule has 0 aliphatic carbocycles. The molecule has 0 fully saturated rings. The van der Waals surface area contributed by atoms with Crippen molar-refractivity contribution in [3.63, 3.8) is 0 Å². The molecule has 3 rings (SSSR count). The fourth-order valence-corrected chi connectivity index (χ4v) is 2.98. The topological polar surface area (TPSA) is 46.0 Å². The Morgan fingerprint density at radius 1 is 1.38 bits per heavy atom. The Balaban J connectivity index is 1.78. The predicted molar refractivity (Wildman–Crippen MR) is 84.3 cm³/mol. The summed E-state index contributed by atoms with van der Waals surface area (Å²) in [7, 11) is 1.94. The number of benzene rings is 1. The van der Waals surface area contributed by atoms with Crippen LogP contribution in [0.25, 0.3) is 0 Å². The molecule has 5 heteroatoms. The van der Waals surface area contributed by atoms with Gasteiger partial charge in [-0.25, -0.2) is 4.98 Å². The second kappa shape index (κ2) is 5.85. The fourth-order valence-electron chi connectivity index (χ4n) is 2.98. The van der Waals surface area contributed by atoms with Crippen LogP contribution in [0.4, 0.5) is 5.69 Å². The second-order valence-corrected chi connectivity index (χ2v) is 5.64. The van der Waals surface area contributed by atoms with Crippen molar-refractivity contribution in [1.29, 1.82) is 0 Å². The lowest BCUT2D eigenvalue weighted by Crippen LogP contribution is -2.22. The maximum absolute atomic E-state index is 4.32. The fraction of sp³-hybridized carbons (Fsp3) is 0.500. The van der Waals surface area contributed by atoms with Crippen molar-refractivity contribution in [1.82, 2.24) is 20.1 Å². The van der Waals surface area contributed by atoms with Gasteiger partial charge in [-0.15, -0.1) is 0 Å². The van der Waals surface area contributed by atoms with Gasteiger partial charge in [0, 0.05) is 25.3 Å². The van der Waals surface area contributed by atoms with Gasteiger partial charge in [-0.3, -0.25) is 4.68 Å². The highest BCUT2D eigenvalue weighted by Crippen LogP contribution is 2.31. The molecule has 0 bridgehead atoms. The zero-order valence-electron chi connectivity index (χ0n) is 13.0. The predicted octanol–water partition coefficient (Wildman–Crippen LogP) is 2.05. The van der Waals surface area contributed by atoms with Crippen molar-refractivity contribution in [2.24, 2.45) is 7.05 Å². The van der Waals surface area contributed by atoms with Gasteiger partial charge in [0.25, 0.3) is 0 Å². The molecule has 0 saturated carbocycles. The van der Waals surface area contributed by atoms with Gasteiger partial charge in [0.05, 0.1) is 6.54 Å². The van der Waals surface area contributed by atoms with Gasteiger partial charge in [0.15, 0.2) is 0 Å². The largest absolute Gasteiger partial charge is 0.363 e. The number of hydrogen-bond donors (Lipinski definition) is 1. The minimum Gasteiger partial charge on any atom is -0.363 e. The van der Waals surface area contributed by atoms with Crippen molar-refractivity contribution in [2.75, 3.05) is 18.0 Å². The van der Waals surface area contributed by atoms with Crippen LogP contribution in [0.1, 0.15) is 36.8 Å². The summed E-state index contributed by atoms with van der Waals surface area (Å²) in [4.78, 5) is 6.71. The van der Waals surface area contributed by atoms with Gasteiger partial charge >= 0.3 is 0 Å². The maximum Gasteiger partial charge on any atom is 0.146 e. The number of nitrogens with one attached hydrogen (secondary N) is 1. The molecule has 0 amide bonds. The van der Waals surface area contributed by atoms with Crippen molar-refractivity contribution in [3.8, 4) is 0 Å². The summed E-state index contributed by atoms with van der Waals surface area (Å²) in [5, 5.41) is 7.62. The van der Waals surface area contributed by atoms with Gasteiger partial charge in [0.1, 0.15) is 12.2 Å². The summed E-state index contributed by atoms with van der Waals surface area (Å²) in [5.74, 6) is 1.01. The first-order valence-corrected chi connectivity index (χ1v) is 7.63. The van der Waals surface area contributed by atoms with E-state index in [1.54, 1.807) is 6.33 Å². The van der Waals surface area contributed by atoms with Crippen LogP contribution < -0.4 is 10.2 Å².